The summed E-state index contributed by atoms with van der Waals surface area (Å²) in [4.78, 5) is 14.3. The highest BCUT2D eigenvalue weighted by atomic mass is 32.2. The fraction of sp³-hybridized carbons (Fsp3) is 0.933. The molecule has 0 spiro atoms. The van der Waals surface area contributed by atoms with Crippen molar-refractivity contribution in [3.05, 3.63) is 0 Å². The topological polar surface area (TPSA) is 69.7 Å². The van der Waals surface area contributed by atoms with Crippen LogP contribution in [-0.2, 0) is 14.8 Å². The van der Waals surface area contributed by atoms with Gasteiger partial charge in [0.25, 0.3) is 0 Å². The molecular weight excluding hydrogens is 302 g/mol. The van der Waals surface area contributed by atoms with Crippen LogP contribution in [0, 0.1) is 5.92 Å². The largest absolute Gasteiger partial charge is 0.352 e. The van der Waals surface area contributed by atoms with E-state index in [0.29, 0.717) is 38.1 Å². The molecule has 2 rings (SSSR count). The van der Waals surface area contributed by atoms with Crippen LogP contribution in [0.5, 0.6) is 0 Å². The van der Waals surface area contributed by atoms with Crippen LogP contribution >= 0.6 is 0 Å². The smallest absolute Gasteiger partial charge is 0.234 e. The van der Waals surface area contributed by atoms with Crippen LogP contribution in [-0.4, -0.2) is 68.6 Å². The summed E-state index contributed by atoms with van der Waals surface area (Å²) in [5, 5.41) is 3.17. The molecule has 22 heavy (non-hydrogen) atoms. The zero-order chi connectivity index (χ0) is 16.2. The van der Waals surface area contributed by atoms with E-state index in [1.807, 2.05) is 0 Å². The Morgan fingerprint density at radius 1 is 1.09 bits per heavy atom. The summed E-state index contributed by atoms with van der Waals surface area (Å²) in [6.07, 6.45) is 6.76. The molecule has 1 aliphatic carbocycles. The molecule has 0 bridgehead atoms. The van der Waals surface area contributed by atoms with E-state index in [2.05, 4.69) is 17.1 Å². The van der Waals surface area contributed by atoms with Gasteiger partial charge in [-0.1, -0.05) is 19.8 Å². The highest BCUT2D eigenvalue weighted by Crippen LogP contribution is 2.23. The predicted octanol–water partition coefficient (Wildman–Crippen LogP) is 0.649. The van der Waals surface area contributed by atoms with Crippen molar-refractivity contribution in [2.75, 3.05) is 39.0 Å². The first-order valence-corrected chi connectivity index (χ1v) is 10.2. The maximum Gasteiger partial charge on any atom is 0.234 e. The Kier molecular flexibility index (Phi) is 6.23. The van der Waals surface area contributed by atoms with Gasteiger partial charge in [-0.25, -0.2) is 12.7 Å². The average molecular weight is 331 g/mol. The molecule has 0 aromatic carbocycles. The molecule has 7 heteroatoms. The van der Waals surface area contributed by atoms with Crippen LogP contribution in [0.15, 0.2) is 0 Å². The average Bonchev–Trinajstić information content (AvgIpc) is 2.66. The SMILES string of the molecule is C[C@@H]1CCCC[C@H]1NC(=O)CN1CCCN(S(C)(=O)=O)CC1. The predicted molar refractivity (Wildman–Crippen MR) is 87.0 cm³/mol. The van der Waals surface area contributed by atoms with Gasteiger partial charge in [0.2, 0.25) is 15.9 Å². The minimum absolute atomic E-state index is 0.0755. The molecule has 1 saturated carbocycles. The second-order valence-electron chi connectivity index (χ2n) is 6.73. The summed E-state index contributed by atoms with van der Waals surface area (Å²) in [6, 6.07) is 0.306. The lowest BCUT2D eigenvalue weighted by molar-refractivity contribution is -0.123. The molecule has 1 saturated heterocycles. The van der Waals surface area contributed by atoms with Crippen LogP contribution in [0.1, 0.15) is 39.0 Å². The van der Waals surface area contributed by atoms with E-state index in [0.717, 1.165) is 19.4 Å². The van der Waals surface area contributed by atoms with Gasteiger partial charge in [0.1, 0.15) is 0 Å². The van der Waals surface area contributed by atoms with Crippen LogP contribution < -0.4 is 5.32 Å². The van der Waals surface area contributed by atoms with Crippen molar-refractivity contribution in [3.63, 3.8) is 0 Å². The molecule has 0 aromatic heterocycles. The summed E-state index contributed by atoms with van der Waals surface area (Å²) in [5.74, 6) is 0.633. The van der Waals surface area contributed by atoms with Crippen molar-refractivity contribution in [2.24, 2.45) is 5.92 Å². The maximum atomic E-state index is 12.2. The highest BCUT2D eigenvalue weighted by Gasteiger charge is 2.25. The van der Waals surface area contributed by atoms with Gasteiger partial charge in [-0.05, 0) is 31.7 Å². The Hall–Kier alpha value is -0.660. The van der Waals surface area contributed by atoms with Gasteiger partial charge in [-0.15, -0.1) is 0 Å². The van der Waals surface area contributed by atoms with Crippen molar-refractivity contribution in [2.45, 2.75) is 45.1 Å². The number of rotatable bonds is 4. The number of sulfonamides is 1. The summed E-state index contributed by atoms with van der Waals surface area (Å²) in [7, 11) is -3.12. The first-order chi connectivity index (χ1) is 10.4. The van der Waals surface area contributed by atoms with Crippen LogP contribution in [0.2, 0.25) is 0 Å². The molecule has 0 unspecified atom stereocenters. The van der Waals surface area contributed by atoms with Crippen LogP contribution in [0.4, 0.5) is 0 Å². The standard InChI is InChI=1S/C15H29N3O3S/c1-13-6-3-4-7-14(13)16-15(19)12-17-8-5-9-18(11-10-17)22(2,20)21/h13-14H,3-12H2,1-2H3,(H,16,19)/t13-,14-/m1/s1. The molecule has 128 valence electrons. The zero-order valence-corrected chi connectivity index (χ0v) is 14.6. The molecule has 0 aromatic rings. The molecule has 2 atom stereocenters. The van der Waals surface area contributed by atoms with Gasteiger partial charge in [0, 0.05) is 25.7 Å². The van der Waals surface area contributed by atoms with Crippen molar-refractivity contribution in [1.82, 2.24) is 14.5 Å². The number of nitrogens with one attached hydrogen (secondary N) is 1. The molecule has 1 heterocycles. The molecule has 1 N–H and O–H groups in total. The third kappa shape index (κ3) is 5.21. The summed E-state index contributed by atoms with van der Waals surface area (Å²) in [5.41, 5.74) is 0. The van der Waals surface area contributed by atoms with Gasteiger partial charge in [0.15, 0.2) is 0 Å². The van der Waals surface area contributed by atoms with E-state index in [1.54, 1.807) is 0 Å². The fourth-order valence-electron chi connectivity index (χ4n) is 3.42. The van der Waals surface area contributed by atoms with E-state index in [9.17, 15) is 13.2 Å². The van der Waals surface area contributed by atoms with Gasteiger partial charge in [0.05, 0.1) is 12.8 Å². The van der Waals surface area contributed by atoms with E-state index in [1.165, 1.54) is 29.8 Å². The zero-order valence-electron chi connectivity index (χ0n) is 13.8. The number of carbonyl (C=O) groups is 1. The van der Waals surface area contributed by atoms with Crippen LogP contribution in [0.25, 0.3) is 0 Å². The number of hydrogen-bond acceptors (Lipinski definition) is 4. The Balaban J connectivity index is 1.79. The lowest BCUT2D eigenvalue weighted by Gasteiger charge is -2.30. The summed E-state index contributed by atoms with van der Waals surface area (Å²) >= 11 is 0. The number of carbonyl (C=O) groups excluding carboxylic acids is 1. The summed E-state index contributed by atoms with van der Waals surface area (Å²) in [6.45, 7) is 5.02. The van der Waals surface area contributed by atoms with Gasteiger partial charge < -0.3 is 5.32 Å². The van der Waals surface area contributed by atoms with E-state index >= 15 is 0 Å². The second-order valence-corrected chi connectivity index (χ2v) is 8.71. The third-order valence-corrected chi connectivity index (χ3v) is 6.14. The Labute approximate surface area is 134 Å². The lowest BCUT2D eigenvalue weighted by atomic mass is 9.86. The van der Waals surface area contributed by atoms with Crippen LogP contribution in [0.3, 0.4) is 0 Å². The number of nitrogens with zero attached hydrogens (tertiary/aromatic N) is 2. The van der Waals surface area contributed by atoms with E-state index in [4.69, 9.17) is 0 Å². The maximum absolute atomic E-state index is 12.2. The Morgan fingerprint density at radius 2 is 1.82 bits per heavy atom. The normalized spacial score (nSPS) is 29.0. The van der Waals surface area contributed by atoms with Gasteiger partial charge >= 0.3 is 0 Å². The second kappa shape index (κ2) is 7.75. The molecular formula is C15H29N3O3S. The van der Waals surface area contributed by atoms with Crippen molar-refractivity contribution in [3.8, 4) is 0 Å². The van der Waals surface area contributed by atoms with Crippen molar-refractivity contribution >= 4 is 15.9 Å². The van der Waals surface area contributed by atoms with E-state index < -0.39 is 10.0 Å². The van der Waals surface area contributed by atoms with Crippen molar-refractivity contribution < 1.29 is 13.2 Å². The Morgan fingerprint density at radius 3 is 2.50 bits per heavy atom. The third-order valence-electron chi connectivity index (χ3n) is 4.84. The lowest BCUT2D eigenvalue weighted by Crippen LogP contribution is -2.46. The molecule has 1 amide bonds. The Bertz CT molecular complexity index is 480. The molecule has 2 fully saturated rings. The minimum Gasteiger partial charge on any atom is -0.352 e. The number of amides is 1. The first kappa shape index (κ1) is 17.7. The molecule has 2 aliphatic rings. The highest BCUT2D eigenvalue weighted by molar-refractivity contribution is 7.88. The molecule has 6 nitrogen and oxygen atoms in total. The fourth-order valence-corrected chi connectivity index (χ4v) is 4.30. The van der Waals surface area contributed by atoms with Gasteiger partial charge in [-0.2, -0.15) is 0 Å². The number of hydrogen-bond donors (Lipinski definition) is 1. The van der Waals surface area contributed by atoms with E-state index in [-0.39, 0.29) is 5.91 Å². The van der Waals surface area contributed by atoms with Gasteiger partial charge in [-0.3, -0.25) is 9.69 Å². The quantitative estimate of drug-likeness (QED) is 0.821. The van der Waals surface area contributed by atoms with Crippen molar-refractivity contribution in [1.29, 1.82) is 0 Å². The first-order valence-electron chi connectivity index (χ1n) is 8.33. The summed E-state index contributed by atoms with van der Waals surface area (Å²) < 4.78 is 24.7. The minimum atomic E-state index is -3.12. The molecule has 1 aliphatic heterocycles. The monoisotopic (exact) mass is 331 g/mol. The molecule has 0 radical (unpaired) electrons.